The molecule has 1 nitrogen and oxygen atoms in total. The van der Waals surface area contributed by atoms with Crippen LogP contribution in [0.3, 0.4) is 0 Å². The van der Waals surface area contributed by atoms with Crippen molar-refractivity contribution >= 4 is 17.4 Å². The van der Waals surface area contributed by atoms with Crippen molar-refractivity contribution < 1.29 is 13.2 Å². The van der Waals surface area contributed by atoms with E-state index in [1.807, 2.05) is 6.92 Å². The van der Waals surface area contributed by atoms with Gasteiger partial charge in [0.2, 0.25) is 0 Å². The Kier molecular flexibility index (Phi) is 4.95. The van der Waals surface area contributed by atoms with Gasteiger partial charge in [-0.15, -0.1) is 0 Å². The largest absolute Gasteiger partial charge is 0.380 e. The lowest BCUT2D eigenvalue weighted by atomic mass is 10.1. The number of hydrogen-bond donors (Lipinski definition) is 1. The van der Waals surface area contributed by atoms with Crippen LogP contribution < -0.4 is 5.32 Å². The lowest BCUT2D eigenvalue weighted by Crippen LogP contribution is -2.03. The number of alkyl halides is 2. The topological polar surface area (TPSA) is 12.0 Å². The number of thioether (sulfide) groups is 1. The maximum Gasteiger partial charge on any atom is 0.288 e. The van der Waals surface area contributed by atoms with Gasteiger partial charge in [-0.25, -0.2) is 4.39 Å². The molecule has 0 bridgehead atoms. The minimum atomic E-state index is -2.46. The zero-order valence-corrected chi connectivity index (χ0v) is 11.7. The molecule has 0 saturated carbocycles. The molecule has 1 N–H and O–H groups in total. The Hall–Kier alpha value is -1.62. The minimum Gasteiger partial charge on any atom is -0.380 e. The molecule has 0 aliphatic heterocycles. The molecule has 2 aromatic rings. The van der Waals surface area contributed by atoms with Crippen LogP contribution in [0.4, 0.5) is 18.9 Å². The SMILES string of the molecule is Cc1ccc(F)cc1CNc1ccccc1SC(F)F. The first-order chi connectivity index (χ1) is 9.56. The Morgan fingerprint density at radius 3 is 2.65 bits per heavy atom. The fourth-order valence-corrected chi connectivity index (χ4v) is 2.45. The molecule has 2 rings (SSSR count). The number of para-hydroxylation sites is 1. The van der Waals surface area contributed by atoms with E-state index >= 15 is 0 Å². The molecular weight excluding hydrogens is 283 g/mol. The highest BCUT2D eigenvalue weighted by Crippen LogP contribution is 2.31. The van der Waals surface area contributed by atoms with Gasteiger partial charge in [0, 0.05) is 17.1 Å². The van der Waals surface area contributed by atoms with Gasteiger partial charge in [0.15, 0.2) is 0 Å². The van der Waals surface area contributed by atoms with Gasteiger partial charge in [-0.1, -0.05) is 30.0 Å². The van der Waals surface area contributed by atoms with Crippen LogP contribution in [0.2, 0.25) is 0 Å². The molecule has 0 spiro atoms. The van der Waals surface area contributed by atoms with E-state index in [4.69, 9.17) is 0 Å². The predicted molar refractivity (Wildman–Crippen MR) is 76.8 cm³/mol. The number of rotatable bonds is 5. The summed E-state index contributed by atoms with van der Waals surface area (Å²) in [6, 6.07) is 11.4. The smallest absolute Gasteiger partial charge is 0.288 e. The zero-order chi connectivity index (χ0) is 14.5. The van der Waals surface area contributed by atoms with Gasteiger partial charge in [0.1, 0.15) is 5.82 Å². The monoisotopic (exact) mass is 297 g/mol. The first-order valence-corrected chi connectivity index (χ1v) is 6.97. The number of aryl methyl sites for hydroxylation is 1. The van der Waals surface area contributed by atoms with E-state index in [1.165, 1.54) is 12.1 Å². The van der Waals surface area contributed by atoms with Crippen LogP contribution >= 0.6 is 11.8 Å². The third-order valence-electron chi connectivity index (χ3n) is 2.88. The summed E-state index contributed by atoms with van der Waals surface area (Å²) in [5, 5.41) is 3.08. The standard InChI is InChI=1S/C15H14F3NS/c1-10-6-7-12(16)8-11(10)9-19-13-4-2-3-5-14(13)20-15(17)18/h2-8,15,19H,9H2,1H3. The lowest BCUT2D eigenvalue weighted by Gasteiger charge is -2.12. The molecule has 0 saturated heterocycles. The lowest BCUT2D eigenvalue weighted by molar-refractivity contribution is 0.252. The maximum absolute atomic E-state index is 13.2. The highest BCUT2D eigenvalue weighted by Gasteiger charge is 2.09. The molecule has 0 aliphatic rings. The first-order valence-electron chi connectivity index (χ1n) is 6.09. The third-order valence-corrected chi connectivity index (χ3v) is 3.67. The molecule has 20 heavy (non-hydrogen) atoms. The molecule has 0 atom stereocenters. The Balaban J connectivity index is 2.12. The van der Waals surface area contributed by atoms with Gasteiger partial charge >= 0.3 is 0 Å². The molecular formula is C15H14F3NS. The maximum atomic E-state index is 13.2. The average molecular weight is 297 g/mol. The Labute approximate surface area is 120 Å². The number of halogens is 3. The molecule has 5 heteroatoms. The molecule has 0 heterocycles. The van der Waals surface area contributed by atoms with Crippen molar-refractivity contribution in [1.82, 2.24) is 0 Å². The van der Waals surface area contributed by atoms with Crippen molar-refractivity contribution in [2.75, 3.05) is 5.32 Å². The van der Waals surface area contributed by atoms with E-state index < -0.39 is 5.76 Å². The van der Waals surface area contributed by atoms with Crippen molar-refractivity contribution in [3.8, 4) is 0 Å². The molecule has 2 aromatic carbocycles. The first kappa shape index (κ1) is 14.8. The van der Waals surface area contributed by atoms with Crippen LogP contribution in [0.1, 0.15) is 11.1 Å². The molecule has 106 valence electrons. The van der Waals surface area contributed by atoms with Crippen molar-refractivity contribution in [3.05, 3.63) is 59.4 Å². The molecule has 0 amide bonds. The van der Waals surface area contributed by atoms with Gasteiger partial charge < -0.3 is 5.32 Å². The zero-order valence-electron chi connectivity index (χ0n) is 10.9. The molecule has 0 fully saturated rings. The summed E-state index contributed by atoms with van der Waals surface area (Å²) < 4.78 is 38.1. The van der Waals surface area contributed by atoms with E-state index in [0.29, 0.717) is 28.9 Å². The van der Waals surface area contributed by atoms with E-state index in [0.717, 1.165) is 11.1 Å². The summed E-state index contributed by atoms with van der Waals surface area (Å²) in [7, 11) is 0. The van der Waals surface area contributed by atoms with Crippen molar-refractivity contribution in [2.24, 2.45) is 0 Å². The fraction of sp³-hybridized carbons (Fsp3) is 0.200. The summed E-state index contributed by atoms with van der Waals surface area (Å²) >= 11 is 0.498. The van der Waals surface area contributed by atoms with Gasteiger partial charge in [-0.2, -0.15) is 8.78 Å². The highest BCUT2D eigenvalue weighted by atomic mass is 32.2. The van der Waals surface area contributed by atoms with E-state index in [9.17, 15) is 13.2 Å². The molecule has 0 unspecified atom stereocenters. The summed E-state index contributed by atoms with van der Waals surface area (Å²) in [6.07, 6.45) is 0. The number of hydrogen-bond acceptors (Lipinski definition) is 2. The van der Waals surface area contributed by atoms with Crippen LogP contribution in [-0.4, -0.2) is 5.76 Å². The number of nitrogens with one attached hydrogen (secondary N) is 1. The second kappa shape index (κ2) is 6.70. The third kappa shape index (κ3) is 3.93. The van der Waals surface area contributed by atoms with Crippen molar-refractivity contribution in [1.29, 1.82) is 0 Å². The molecule has 0 aliphatic carbocycles. The van der Waals surface area contributed by atoms with E-state index in [-0.39, 0.29) is 5.82 Å². The van der Waals surface area contributed by atoms with Gasteiger partial charge in [-0.05, 0) is 42.3 Å². The summed E-state index contributed by atoms with van der Waals surface area (Å²) in [5.41, 5.74) is 2.39. The summed E-state index contributed by atoms with van der Waals surface area (Å²) in [4.78, 5) is 0.483. The molecule has 0 aromatic heterocycles. The predicted octanol–water partition coefficient (Wildman–Crippen LogP) is 5.06. The van der Waals surface area contributed by atoms with Crippen LogP contribution in [-0.2, 0) is 6.54 Å². The van der Waals surface area contributed by atoms with Gasteiger partial charge in [-0.3, -0.25) is 0 Å². The van der Waals surface area contributed by atoms with Gasteiger partial charge in [0.25, 0.3) is 5.76 Å². The van der Waals surface area contributed by atoms with E-state index in [1.54, 1.807) is 30.3 Å². The second-order valence-electron chi connectivity index (χ2n) is 4.30. The number of anilines is 1. The Morgan fingerprint density at radius 2 is 1.90 bits per heavy atom. The van der Waals surface area contributed by atoms with Crippen molar-refractivity contribution in [3.63, 3.8) is 0 Å². The van der Waals surface area contributed by atoms with Crippen LogP contribution in [0.5, 0.6) is 0 Å². The Bertz CT molecular complexity index is 587. The average Bonchev–Trinajstić information content (AvgIpc) is 2.41. The highest BCUT2D eigenvalue weighted by molar-refractivity contribution is 7.99. The summed E-state index contributed by atoms with van der Waals surface area (Å²) in [5.74, 6) is -2.77. The summed E-state index contributed by atoms with van der Waals surface area (Å²) in [6.45, 7) is 2.28. The quantitative estimate of drug-likeness (QED) is 0.774. The van der Waals surface area contributed by atoms with Crippen LogP contribution in [0.15, 0.2) is 47.4 Å². The van der Waals surface area contributed by atoms with Crippen LogP contribution in [0, 0.1) is 12.7 Å². The van der Waals surface area contributed by atoms with E-state index in [2.05, 4.69) is 5.32 Å². The fourth-order valence-electron chi connectivity index (χ4n) is 1.83. The van der Waals surface area contributed by atoms with Gasteiger partial charge in [0.05, 0.1) is 0 Å². The second-order valence-corrected chi connectivity index (χ2v) is 5.33. The van der Waals surface area contributed by atoms with Crippen molar-refractivity contribution in [2.45, 2.75) is 24.1 Å². The number of benzene rings is 2. The van der Waals surface area contributed by atoms with Crippen LogP contribution in [0.25, 0.3) is 0 Å². The Morgan fingerprint density at radius 1 is 1.15 bits per heavy atom. The minimum absolute atomic E-state index is 0.303. The normalized spacial score (nSPS) is 10.8. The molecule has 0 radical (unpaired) electrons.